The van der Waals surface area contributed by atoms with Gasteiger partial charge in [0, 0.05) is 30.3 Å². The van der Waals surface area contributed by atoms with Gasteiger partial charge in [-0.3, -0.25) is 4.79 Å². The lowest BCUT2D eigenvalue weighted by Gasteiger charge is -2.04. The first kappa shape index (κ1) is 15.3. The highest BCUT2D eigenvalue weighted by molar-refractivity contribution is 5.86. The second-order valence-electron chi connectivity index (χ2n) is 4.92. The van der Waals surface area contributed by atoms with Crippen LogP contribution < -0.4 is 5.32 Å². The molecule has 112 valence electrons. The van der Waals surface area contributed by atoms with Crippen LogP contribution in [-0.2, 0) is 16.0 Å². The number of nitrogens with one attached hydrogen (secondary N) is 2. The zero-order valence-corrected chi connectivity index (χ0v) is 12.2. The van der Waals surface area contributed by atoms with Crippen molar-refractivity contribution in [2.24, 2.45) is 0 Å². The van der Waals surface area contributed by atoms with Gasteiger partial charge in [-0.25, -0.2) is 0 Å². The minimum Gasteiger partial charge on any atom is -0.381 e. The van der Waals surface area contributed by atoms with E-state index in [0.29, 0.717) is 6.54 Å². The molecule has 0 aliphatic heterocycles. The number of carbonyl (C=O) groups is 1. The van der Waals surface area contributed by atoms with Crippen LogP contribution in [0.25, 0.3) is 10.9 Å². The van der Waals surface area contributed by atoms with Crippen molar-refractivity contribution in [2.75, 3.05) is 19.8 Å². The number of ether oxygens (including phenoxy) is 1. The van der Waals surface area contributed by atoms with E-state index in [2.05, 4.69) is 41.3 Å². The number of amides is 1. The summed E-state index contributed by atoms with van der Waals surface area (Å²) >= 11 is 0. The van der Waals surface area contributed by atoms with Gasteiger partial charge in [0.05, 0.1) is 6.61 Å². The molecule has 0 unspecified atom stereocenters. The van der Waals surface area contributed by atoms with Crippen LogP contribution >= 0.6 is 0 Å². The number of carbonyl (C=O) groups excluding carboxylic acids is 1. The van der Waals surface area contributed by atoms with Gasteiger partial charge in [-0.1, -0.05) is 24.8 Å². The Balaban J connectivity index is 1.58. The van der Waals surface area contributed by atoms with Crippen molar-refractivity contribution in [3.8, 4) is 0 Å². The molecule has 2 aromatic rings. The largest absolute Gasteiger partial charge is 0.381 e. The molecule has 0 aliphatic rings. The van der Waals surface area contributed by atoms with Crippen LogP contribution in [0.4, 0.5) is 0 Å². The van der Waals surface area contributed by atoms with E-state index in [4.69, 9.17) is 4.74 Å². The molecule has 2 N–H and O–H groups in total. The highest BCUT2D eigenvalue weighted by atomic mass is 16.5. The number of fused-ring (bicyclic) bond motifs is 1. The molecule has 1 aromatic heterocycles. The number of aromatic amines is 1. The maximum atomic E-state index is 10.9. The maximum Gasteiger partial charge on any atom is 0.243 e. The number of para-hydroxylation sites is 1. The average molecular weight is 286 g/mol. The molecule has 1 heterocycles. The molecule has 0 saturated heterocycles. The number of unbranched alkanes of at least 4 members (excludes halogenated alkanes) is 1. The quantitative estimate of drug-likeness (QED) is 0.550. The smallest absolute Gasteiger partial charge is 0.243 e. The van der Waals surface area contributed by atoms with Crippen molar-refractivity contribution >= 4 is 16.8 Å². The van der Waals surface area contributed by atoms with Crippen molar-refractivity contribution < 1.29 is 9.53 Å². The van der Waals surface area contributed by atoms with Gasteiger partial charge in [-0.15, -0.1) is 0 Å². The van der Waals surface area contributed by atoms with Gasteiger partial charge in [0.15, 0.2) is 0 Å². The summed E-state index contributed by atoms with van der Waals surface area (Å²) in [4.78, 5) is 14.2. The van der Waals surface area contributed by atoms with Crippen molar-refractivity contribution in [3.63, 3.8) is 0 Å². The van der Waals surface area contributed by atoms with Gasteiger partial charge < -0.3 is 15.0 Å². The van der Waals surface area contributed by atoms with Crippen LogP contribution in [0.1, 0.15) is 18.4 Å². The lowest BCUT2D eigenvalue weighted by molar-refractivity contribution is -0.116. The van der Waals surface area contributed by atoms with Crippen molar-refractivity contribution in [1.82, 2.24) is 10.3 Å². The Kier molecular flexibility index (Phi) is 6.03. The first-order valence-electron chi connectivity index (χ1n) is 7.34. The van der Waals surface area contributed by atoms with Crippen LogP contribution in [0.5, 0.6) is 0 Å². The van der Waals surface area contributed by atoms with E-state index in [-0.39, 0.29) is 5.91 Å². The first-order chi connectivity index (χ1) is 10.3. The summed E-state index contributed by atoms with van der Waals surface area (Å²) in [5, 5.41) is 4.02. The number of hydrogen-bond acceptors (Lipinski definition) is 2. The summed E-state index contributed by atoms with van der Waals surface area (Å²) in [7, 11) is 0. The molecular weight excluding hydrogens is 264 g/mol. The molecule has 1 amide bonds. The Morgan fingerprint density at radius 3 is 3.00 bits per heavy atom. The van der Waals surface area contributed by atoms with Crippen LogP contribution in [0.3, 0.4) is 0 Å². The van der Waals surface area contributed by atoms with Gasteiger partial charge in [-0.2, -0.15) is 0 Å². The van der Waals surface area contributed by atoms with Crippen molar-refractivity contribution in [3.05, 3.63) is 48.7 Å². The Labute approximate surface area is 125 Å². The van der Waals surface area contributed by atoms with Gasteiger partial charge in [0.2, 0.25) is 5.91 Å². The van der Waals surface area contributed by atoms with E-state index in [1.54, 1.807) is 0 Å². The fourth-order valence-electron chi connectivity index (χ4n) is 2.24. The van der Waals surface area contributed by atoms with E-state index in [9.17, 15) is 4.79 Å². The van der Waals surface area contributed by atoms with Crippen molar-refractivity contribution in [1.29, 1.82) is 0 Å². The normalized spacial score (nSPS) is 10.7. The van der Waals surface area contributed by atoms with Crippen LogP contribution in [-0.4, -0.2) is 30.6 Å². The fraction of sp³-hybridized carbons (Fsp3) is 0.353. The predicted octanol–water partition coefficient (Wildman–Crippen LogP) is 2.81. The highest BCUT2D eigenvalue weighted by Gasteiger charge is 2.02. The summed E-state index contributed by atoms with van der Waals surface area (Å²) in [6.07, 6.45) is 6.13. The number of hydrogen-bond donors (Lipinski definition) is 2. The highest BCUT2D eigenvalue weighted by Crippen LogP contribution is 2.17. The van der Waals surface area contributed by atoms with E-state index in [1.807, 2.05) is 6.07 Å². The molecule has 21 heavy (non-hydrogen) atoms. The molecule has 0 radical (unpaired) electrons. The van der Waals surface area contributed by atoms with Gasteiger partial charge in [0.25, 0.3) is 0 Å². The zero-order valence-electron chi connectivity index (χ0n) is 12.2. The van der Waals surface area contributed by atoms with E-state index >= 15 is 0 Å². The fourth-order valence-corrected chi connectivity index (χ4v) is 2.24. The number of rotatable bonds is 9. The molecule has 4 nitrogen and oxygen atoms in total. The van der Waals surface area contributed by atoms with E-state index in [0.717, 1.165) is 32.5 Å². The molecule has 0 bridgehead atoms. The van der Waals surface area contributed by atoms with Crippen molar-refractivity contribution in [2.45, 2.75) is 19.3 Å². The van der Waals surface area contributed by atoms with E-state index in [1.165, 1.54) is 22.5 Å². The Morgan fingerprint density at radius 1 is 1.29 bits per heavy atom. The van der Waals surface area contributed by atoms with Gasteiger partial charge in [0.1, 0.15) is 0 Å². The third-order valence-electron chi connectivity index (χ3n) is 3.39. The molecule has 2 rings (SSSR count). The minimum absolute atomic E-state index is 0.116. The summed E-state index contributed by atoms with van der Waals surface area (Å²) in [5.41, 5.74) is 2.47. The van der Waals surface area contributed by atoms with Gasteiger partial charge in [-0.05, 0) is 37.0 Å². The Hall–Kier alpha value is -2.07. The van der Waals surface area contributed by atoms with E-state index < -0.39 is 0 Å². The standard InChI is InChI=1S/C17H22N2O2/c1-2-17(20)18-10-5-6-11-21-12-9-14-13-19-16-8-4-3-7-15(14)16/h2-4,7-8,13,19H,1,5-6,9-12H2,(H,18,20). The number of benzene rings is 1. The van der Waals surface area contributed by atoms with Crippen LogP contribution in [0.2, 0.25) is 0 Å². The molecule has 0 aliphatic carbocycles. The Morgan fingerprint density at radius 2 is 2.14 bits per heavy atom. The summed E-state index contributed by atoms with van der Waals surface area (Å²) in [6, 6.07) is 8.29. The number of H-pyrrole nitrogens is 1. The lowest BCUT2D eigenvalue weighted by Crippen LogP contribution is -2.22. The zero-order chi connectivity index (χ0) is 14.9. The maximum absolute atomic E-state index is 10.9. The third-order valence-corrected chi connectivity index (χ3v) is 3.39. The molecule has 4 heteroatoms. The predicted molar refractivity (Wildman–Crippen MR) is 85.3 cm³/mol. The first-order valence-corrected chi connectivity index (χ1v) is 7.34. The summed E-state index contributed by atoms with van der Waals surface area (Å²) in [5.74, 6) is -0.116. The minimum atomic E-state index is -0.116. The van der Waals surface area contributed by atoms with Crippen LogP contribution in [0, 0.1) is 0 Å². The topological polar surface area (TPSA) is 54.1 Å². The summed E-state index contributed by atoms with van der Waals surface area (Å²) < 4.78 is 5.64. The third kappa shape index (κ3) is 4.76. The second kappa shape index (κ2) is 8.27. The monoisotopic (exact) mass is 286 g/mol. The molecular formula is C17H22N2O2. The Bertz CT molecular complexity index is 589. The second-order valence-corrected chi connectivity index (χ2v) is 4.92. The molecule has 0 saturated carbocycles. The molecule has 0 spiro atoms. The molecule has 0 fully saturated rings. The summed E-state index contributed by atoms with van der Waals surface area (Å²) in [6.45, 7) is 5.54. The lowest BCUT2D eigenvalue weighted by atomic mass is 10.1. The number of aromatic nitrogens is 1. The van der Waals surface area contributed by atoms with Gasteiger partial charge >= 0.3 is 0 Å². The SMILES string of the molecule is C=CC(=O)NCCCCOCCc1c[nH]c2ccccc12. The molecule has 1 aromatic carbocycles. The van der Waals surface area contributed by atoms with Crippen LogP contribution in [0.15, 0.2) is 43.1 Å². The average Bonchev–Trinajstić information content (AvgIpc) is 2.93. The molecule has 0 atom stereocenters.